The molecule has 0 atom stereocenters. The van der Waals surface area contributed by atoms with E-state index in [1.807, 2.05) is 17.0 Å². The summed E-state index contributed by atoms with van der Waals surface area (Å²) in [7, 11) is 0. The molecule has 0 spiro atoms. The first-order chi connectivity index (χ1) is 8.72. The van der Waals surface area contributed by atoms with Crippen LogP contribution in [0.5, 0.6) is 0 Å². The van der Waals surface area contributed by atoms with E-state index in [1.165, 1.54) is 0 Å². The zero-order valence-corrected chi connectivity index (χ0v) is 10.9. The molecule has 1 aliphatic rings. The maximum absolute atomic E-state index is 5.80. The number of hydrogen-bond acceptors (Lipinski definition) is 5. The molecule has 18 heavy (non-hydrogen) atoms. The molecule has 7 heteroatoms. The molecule has 0 unspecified atom stereocenters. The summed E-state index contributed by atoms with van der Waals surface area (Å²) in [5.41, 5.74) is 0. The first-order valence-corrected chi connectivity index (χ1v) is 6.34. The van der Waals surface area contributed by atoms with Crippen LogP contribution in [0.3, 0.4) is 0 Å². The van der Waals surface area contributed by atoms with E-state index in [9.17, 15) is 0 Å². The standard InChI is InChI=1S/C11H10Cl2N4O/c12-9-14-10(13)16-11(15-9)17(7-3-4-7)6-8-2-1-5-18-8/h1-2,5,7H,3-4,6H2. The normalized spacial score (nSPS) is 14.8. The van der Waals surface area contributed by atoms with Crippen LogP contribution in [0.1, 0.15) is 18.6 Å². The second kappa shape index (κ2) is 4.74. The minimum atomic E-state index is 0.107. The molecule has 0 radical (unpaired) electrons. The molecule has 0 amide bonds. The van der Waals surface area contributed by atoms with Crippen LogP contribution in [0, 0.1) is 0 Å². The molecule has 1 fully saturated rings. The molecule has 0 N–H and O–H groups in total. The molecule has 1 aliphatic carbocycles. The summed E-state index contributed by atoms with van der Waals surface area (Å²) in [6, 6.07) is 4.19. The second-order valence-electron chi connectivity index (χ2n) is 4.11. The second-order valence-corrected chi connectivity index (χ2v) is 4.79. The van der Waals surface area contributed by atoms with Gasteiger partial charge in [-0.05, 0) is 48.2 Å². The van der Waals surface area contributed by atoms with Crippen LogP contribution in [0.4, 0.5) is 5.95 Å². The number of nitrogens with zero attached hydrogens (tertiary/aromatic N) is 4. The van der Waals surface area contributed by atoms with Gasteiger partial charge < -0.3 is 9.32 Å². The monoisotopic (exact) mass is 284 g/mol. The van der Waals surface area contributed by atoms with Crippen molar-refractivity contribution in [1.82, 2.24) is 15.0 Å². The minimum absolute atomic E-state index is 0.107. The van der Waals surface area contributed by atoms with Crippen LogP contribution in [0.25, 0.3) is 0 Å². The molecular weight excluding hydrogens is 275 g/mol. The largest absolute Gasteiger partial charge is 0.467 e. The van der Waals surface area contributed by atoms with Gasteiger partial charge in [-0.25, -0.2) is 0 Å². The van der Waals surface area contributed by atoms with E-state index in [0.29, 0.717) is 18.5 Å². The van der Waals surface area contributed by atoms with Gasteiger partial charge in [-0.1, -0.05) is 0 Å². The van der Waals surface area contributed by atoms with Crippen molar-refractivity contribution in [3.63, 3.8) is 0 Å². The Morgan fingerprint density at radius 3 is 2.50 bits per heavy atom. The molecule has 5 nitrogen and oxygen atoms in total. The van der Waals surface area contributed by atoms with E-state index in [1.54, 1.807) is 6.26 Å². The van der Waals surface area contributed by atoms with Crippen molar-refractivity contribution in [2.24, 2.45) is 0 Å². The molecular formula is C11H10Cl2N4O. The molecule has 0 saturated heterocycles. The van der Waals surface area contributed by atoms with E-state index in [4.69, 9.17) is 27.6 Å². The quantitative estimate of drug-likeness (QED) is 0.864. The summed E-state index contributed by atoms with van der Waals surface area (Å²) in [4.78, 5) is 14.0. The van der Waals surface area contributed by atoms with Crippen molar-refractivity contribution in [2.45, 2.75) is 25.4 Å². The van der Waals surface area contributed by atoms with Crippen LogP contribution in [0.2, 0.25) is 10.6 Å². The molecule has 0 aliphatic heterocycles. The summed E-state index contributed by atoms with van der Waals surface area (Å²) in [6.07, 6.45) is 3.87. The maximum Gasteiger partial charge on any atom is 0.231 e. The van der Waals surface area contributed by atoms with E-state index >= 15 is 0 Å². The summed E-state index contributed by atoms with van der Waals surface area (Å²) in [5, 5.41) is 0.213. The van der Waals surface area contributed by atoms with Gasteiger partial charge >= 0.3 is 0 Å². The third-order valence-electron chi connectivity index (χ3n) is 2.72. The summed E-state index contributed by atoms with van der Waals surface area (Å²) < 4.78 is 5.35. The van der Waals surface area contributed by atoms with Crippen LogP contribution in [-0.4, -0.2) is 21.0 Å². The van der Waals surface area contributed by atoms with Crippen LogP contribution in [-0.2, 0) is 6.54 Å². The van der Waals surface area contributed by atoms with Crippen molar-refractivity contribution < 1.29 is 4.42 Å². The van der Waals surface area contributed by atoms with Crippen molar-refractivity contribution in [2.75, 3.05) is 4.90 Å². The van der Waals surface area contributed by atoms with Gasteiger partial charge in [0.25, 0.3) is 0 Å². The number of anilines is 1. The smallest absolute Gasteiger partial charge is 0.231 e. The number of rotatable bonds is 4. The fraction of sp³-hybridized carbons (Fsp3) is 0.364. The fourth-order valence-electron chi connectivity index (χ4n) is 1.76. The van der Waals surface area contributed by atoms with Gasteiger partial charge in [0.15, 0.2) is 0 Å². The molecule has 2 aromatic heterocycles. The molecule has 2 aromatic rings. The third-order valence-corrected chi connectivity index (χ3v) is 3.06. The van der Waals surface area contributed by atoms with Gasteiger partial charge in [0, 0.05) is 6.04 Å². The topological polar surface area (TPSA) is 55.1 Å². The molecule has 1 saturated carbocycles. The van der Waals surface area contributed by atoms with Crippen molar-refractivity contribution >= 4 is 29.2 Å². The highest BCUT2D eigenvalue weighted by Gasteiger charge is 2.32. The maximum atomic E-state index is 5.80. The lowest BCUT2D eigenvalue weighted by Gasteiger charge is -2.20. The number of furan rings is 1. The Morgan fingerprint density at radius 2 is 1.94 bits per heavy atom. The third kappa shape index (κ3) is 2.57. The van der Waals surface area contributed by atoms with Crippen molar-refractivity contribution in [3.05, 3.63) is 34.7 Å². The van der Waals surface area contributed by atoms with E-state index in [0.717, 1.165) is 18.6 Å². The van der Waals surface area contributed by atoms with E-state index in [-0.39, 0.29) is 10.6 Å². The summed E-state index contributed by atoms with van der Waals surface area (Å²) >= 11 is 11.6. The van der Waals surface area contributed by atoms with Gasteiger partial charge in [0.05, 0.1) is 12.8 Å². The molecule has 3 rings (SSSR count). The fourth-order valence-corrected chi connectivity index (χ4v) is 2.12. The average molecular weight is 285 g/mol. The van der Waals surface area contributed by atoms with Crippen LogP contribution < -0.4 is 4.90 Å². The van der Waals surface area contributed by atoms with Gasteiger partial charge in [-0.3, -0.25) is 0 Å². The Bertz CT molecular complexity index is 522. The predicted octanol–water partition coefficient (Wildman–Crippen LogP) is 2.94. The van der Waals surface area contributed by atoms with Gasteiger partial charge in [0.1, 0.15) is 5.76 Å². The molecule has 94 valence electrons. The lowest BCUT2D eigenvalue weighted by Crippen LogP contribution is -2.27. The SMILES string of the molecule is Clc1nc(Cl)nc(N(Cc2ccco2)C2CC2)n1. The minimum Gasteiger partial charge on any atom is -0.467 e. The summed E-state index contributed by atoms with van der Waals surface area (Å²) in [5.74, 6) is 1.36. The lowest BCUT2D eigenvalue weighted by atomic mass is 10.4. The van der Waals surface area contributed by atoms with Crippen LogP contribution >= 0.6 is 23.2 Å². The van der Waals surface area contributed by atoms with Crippen molar-refractivity contribution in [1.29, 1.82) is 0 Å². The first-order valence-electron chi connectivity index (χ1n) is 5.58. The Labute approximate surface area is 114 Å². The number of hydrogen-bond donors (Lipinski definition) is 0. The Morgan fingerprint density at radius 1 is 1.22 bits per heavy atom. The van der Waals surface area contributed by atoms with Gasteiger partial charge in [-0.15, -0.1) is 0 Å². The highest BCUT2D eigenvalue weighted by molar-refractivity contribution is 6.31. The zero-order valence-electron chi connectivity index (χ0n) is 9.38. The Hall–Kier alpha value is -1.33. The zero-order chi connectivity index (χ0) is 12.5. The van der Waals surface area contributed by atoms with E-state index < -0.39 is 0 Å². The lowest BCUT2D eigenvalue weighted by molar-refractivity contribution is 0.499. The van der Waals surface area contributed by atoms with Gasteiger partial charge in [-0.2, -0.15) is 15.0 Å². The first kappa shape index (κ1) is 11.7. The summed E-state index contributed by atoms with van der Waals surface area (Å²) in [6.45, 7) is 0.605. The predicted molar refractivity (Wildman–Crippen MR) is 67.8 cm³/mol. The number of halogens is 2. The number of aromatic nitrogens is 3. The average Bonchev–Trinajstić information content (AvgIpc) is 3.02. The molecule has 0 aromatic carbocycles. The highest BCUT2D eigenvalue weighted by Crippen LogP contribution is 2.31. The highest BCUT2D eigenvalue weighted by atomic mass is 35.5. The Kier molecular flexibility index (Phi) is 3.09. The molecule has 2 heterocycles. The molecule has 0 bridgehead atoms. The Balaban J connectivity index is 1.89. The van der Waals surface area contributed by atoms with Crippen molar-refractivity contribution in [3.8, 4) is 0 Å². The van der Waals surface area contributed by atoms with E-state index in [2.05, 4.69) is 15.0 Å². The van der Waals surface area contributed by atoms with Crippen LogP contribution in [0.15, 0.2) is 22.8 Å². The van der Waals surface area contributed by atoms with Gasteiger partial charge in [0.2, 0.25) is 16.5 Å².